The first kappa shape index (κ1) is 15.5. The second-order valence-corrected chi connectivity index (χ2v) is 5.83. The average molecular weight is 302 g/mol. The molecular weight excluding hydrogens is 284 g/mol. The first-order valence-corrected chi connectivity index (χ1v) is 7.69. The van der Waals surface area contributed by atoms with E-state index in [0.717, 1.165) is 23.4 Å². The van der Waals surface area contributed by atoms with Crippen LogP contribution in [-0.4, -0.2) is 12.0 Å². The Kier molecular flexibility index (Phi) is 5.36. The van der Waals surface area contributed by atoms with Crippen molar-refractivity contribution in [3.8, 4) is 0 Å². The number of rotatable bonds is 6. The second kappa shape index (κ2) is 7.24. The molecule has 0 radical (unpaired) electrons. The van der Waals surface area contributed by atoms with E-state index in [0.29, 0.717) is 0 Å². The summed E-state index contributed by atoms with van der Waals surface area (Å²) in [5.74, 6) is 0.733. The third kappa shape index (κ3) is 4.06. The van der Waals surface area contributed by atoms with Gasteiger partial charge < -0.3 is 5.32 Å². The van der Waals surface area contributed by atoms with Crippen molar-refractivity contribution in [1.29, 1.82) is 0 Å². The van der Waals surface area contributed by atoms with Crippen LogP contribution < -0.4 is 5.32 Å². The minimum atomic E-state index is -0.322. The van der Waals surface area contributed by atoms with E-state index in [4.69, 9.17) is 0 Å². The van der Waals surface area contributed by atoms with Crippen LogP contribution in [0.25, 0.3) is 0 Å². The molecule has 2 aromatic carbocycles. The van der Waals surface area contributed by atoms with Gasteiger partial charge in [-0.05, 0) is 37.2 Å². The molecule has 21 heavy (non-hydrogen) atoms. The van der Waals surface area contributed by atoms with Gasteiger partial charge in [-0.1, -0.05) is 24.3 Å². The van der Waals surface area contributed by atoms with Crippen LogP contribution in [0.5, 0.6) is 0 Å². The highest BCUT2D eigenvalue weighted by molar-refractivity contribution is 7.98. The average Bonchev–Trinajstić information content (AvgIpc) is 2.46. The second-order valence-electron chi connectivity index (χ2n) is 4.78. The molecule has 0 aliphatic heterocycles. The molecule has 110 valence electrons. The van der Waals surface area contributed by atoms with E-state index in [9.17, 15) is 10.1 Å². The van der Waals surface area contributed by atoms with E-state index in [1.54, 1.807) is 23.9 Å². The van der Waals surface area contributed by atoms with Crippen LogP contribution in [0.3, 0.4) is 0 Å². The molecule has 0 heterocycles. The van der Waals surface area contributed by atoms with Crippen LogP contribution in [0.1, 0.15) is 16.7 Å². The fourth-order valence-electron chi connectivity index (χ4n) is 2.13. The van der Waals surface area contributed by atoms with Crippen LogP contribution in [0.2, 0.25) is 0 Å². The van der Waals surface area contributed by atoms with Gasteiger partial charge in [0.1, 0.15) is 0 Å². The van der Waals surface area contributed by atoms with Crippen molar-refractivity contribution in [1.82, 2.24) is 5.32 Å². The SMILES string of the molecule is CNCc1cccc(SCc2cccc([N+](=O)[O-])c2C)c1. The Morgan fingerprint density at radius 2 is 2.00 bits per heavy atom. The molecule has 0 aromatic heterocycles. The number of nitrogens with one attached hydrogen (secondary N) is 1. The van der Waals surface area contributed by atoms with Gasteiger partial charge in [0, 0.05) is 28.8 Å². The largest absolute Gasteiger partial charge is 0.316 e. The van der Waals surface area contributed by atoms with Gasteiger partial charge in [-0.25, -0.2) is 0 Å². The monoisotopic (exact) mass is 302 g/mol. The number of hydrogen-bond acceptors (Lipinski definition) is 4. The lowest BCUT2D eigenvalue weighted by molar-refractivity contribution is -0.385. The van der Waals surface area contributed by atoms with Crippen molar-refractivity contribution < 1.29 is 4.92 Å². The van der Waals surface area contributed by atoms with Crippen LogP contribution in [0.4, 0.5) is 5.69 Å². The summed E-state index contributed by atoms with van der Waals surface area (Å²) in [4.78, 5) is 11.8. The fourth-order valence-corrected chi connectivity index (χ4v) is 3.18. The maximum Gasteiger partial charge on any atom is 0.272 e. The lowest BCUT2D eigenvalue weighted by Gasteiger charge is -2.07. The molecule has 1 N–H and O–H groups in total. The van der Waals surface area contributed by atoms with E-state index in [1.807, 2.05) is 26.1 Å². The fraction of sp³-hybridized carbons (Fsp3) is 0.250. The molecular formula is C16H18N2O2S. The minimum Gasteiger partial charge on any atom is -0.316 e. The molecule has 2 rings (SSSR count). The number of nitrogens with zero attached hydrogens (tertiary/aromatic N) is 1. The highest BCUT2D eigenvalue weighted by atomic mass is 32.2. The van der Waals surface area contributed by atoms with Gasteiger partial charge in [0.2, 0.25) is 0 Å². The quantitative estimate of drug-likeness (QED) is 0.499. The van der Waals surface area contributed by atoms with Crippen molar-refractivity contribution in [2.75, 3.05) is 7.05 Å². The number of nitro benzene ring substituents is 1. The maximum atomic E-state index is 11.0. The Balaban J connectivity index is 2.11. The summed E-state index contributed by atoms with van der Waals surface area (Å²) >= 11 is 1.70. The minimum absolute atomic E-state index is 0.192. The van der Waals surface area contributed by atoms with Crippen LogP contribution >= 0.6 is 11.8 Å². The molecule has 4 nitrogen and oxygen atoms in total. The Hall–Kier alpha value is -1.85. The highest BCUT2D eigenvalue weighted by Crippen LogP contribution is 2.28. The topological polar surface area (TPSA) is 55.2 Å². The van der Waals surface area contributed by atoms with Gasteiger partial charge >= 0.3 is 0 Å². The number of nitro groups is 1. The van der Waals surface area contributed by atoms with E-state index in [-0.39, 0.29) is 10.6 Å². The predicted molar refractivity (Wildman–Crippen MR) is 86.6 cm³/mol. The standard InChI is InChI=1S/C16H18N2O2S/c1-12-14(6-4-8-16(12)18(19)20)11-21-15-7-3-5-13(9-15)10-17-2/h3-9,17H,10-11H2,1-2H3. The zero-order chi connectivity index (χ0) is 15.2. The Labute approximate surface area is 128 Å². The molecule has 5 heteroatoms. The zero-order valence-corrected chi connectivity index (χ0v) is 12.9. The van der Waals surface area contributed by atoms with E-state index < -0.39 is 0 Å². The first-order valence-electron chi connectivity index (χ1n) is 6.71. The van der Waals surface area contributed by atoms with Gasteiger partial charge in [0.15, 0.2) is 0 Å². The van der Waals surface area contributed by atoms with Crippen molar-refractivity contribution in [3.05, 3.63) is 69.3 Å². The summed E-state index contributed by atoms with van der Waals surface area (Å²) in [6, 6.07) is 13.6. The van der Waals surface area contributed by atoms with Crippen LogP contribution in [0, 0.1) is 17.0 Å². The van der Waals surface area contributed by atoms with E-state index >= 15 is 0 Å². The lowest BCUT2D eigenvalue weighted by atomic mass is 10.1. The molecule has 0 spiro atoms. The summed E-state index contributed by atoms with van der Waals surface area (Å²) in [6.45, 7) is 2.65. The van der Waals surface area contributed by atoms with Crippen molar-refractivity contribution in [2.24, 2.45) is 0 Å². The number of thioether (sulfide) groups is 1. The Morgan fingerprint density at radius 3 is 2.71 bits per heavy atom. The van der Waals surface area contributed by atoms with E-state index in [1.165, 1.54) is 10.5 Å². The van der Waals surface area contributed by atoms with E-state index in [2.05, 4.69) is 23.5 Å². The van der Waals surface area contributed by atoms with Crippen molar-refractivity contribution in [3.63, 3.8) is 0 Å². The summed E-state index contributed by atoms with van der Waals surface area (Å²) in [6.07, 6.45) is 0. The normalized spacial score (nSPS) is 10.6. The van der Waals surface area contributed by atoms with Crippen LogP contribution in [-0.2, 0) is 12.3 Å². The number of hydrogen-bond donors (Lipinski definition) is 1. The summed E-state index contributed by atoms with van der Waals surface area (Å²) in [5, 5.41) is 14.1. The predicted octanol–water partition coefficient (Wildman–Crippen LogP) is 3.91. The van der Waals surface area contributed by atoms with Gasteiger partial charge in [-0.3, -0.25) is 10.1 Å². The first-order chi connectivity index (χ1) is 10.1. The van der Waals surface area contributed by atoms with Gasteiger partial charge in [0.25, 0.3) is 5.69 Å². The summed E-state index contributed by atoms with van der Waals surface area (Å²) < 4.78 is 0. The van der Waals surface area contributed by atoms with Gasteiger partial charge in [-0.15, -0.1) is 11.8 Å². The Morgan fingerprint density at radius 1 is 1.24 bits per heavy atom. The molecule has 0 saturated carbocycles. The molecule has 0 aliphatic rings. The Bertz CT molecular complexity index is 644. The molecule has 0 fully saturated rings. The van der Waals surface area contributed by atoms with Gasteiger partial charge in [-0.2, -0.15) is 0 Å². The molecule has 0 bridgehead atoms. The number of benzene rings is 2. The van der Waals surface area contributed by atoms with Crippen molar-refractivity contribution in [2.45, 2.75) is 24.1 Å². The lowest BCUT2D eigenvalue weighted by Crippen LogP contribution is -2.04. The van der Waals surface area contributed by atoms with Crippen LogP contribution in [0.15, 0.2) is 47.4 Å². The van der Waals surface area contributed by atoms with Gasteiger partial charge in [0.05, 0.1) is 4.92 Å². The smallest absolute Gasteiger partial charge is 0.272 e. The summed E-state index contributed by atoms with van der Waals surface area (Å²) in [7, 11) is 1.92. The molecule has 2 aromatic rings. The molecule has 0 atom stereocenters. The molecule has 0 unspecified atom stereocenters. The summed E-state index contributed by atoms with van der Waals surface area (Å²) in [5.41, 5.74) is 3.19. The zero-order valence-electron chi connectivity index (χ0n) is 12.1. The third-order valence-electron chi connectivity index (χ3n) is 3.29. The molecule has 0 aliphatic carbocycles. The van der Waals surface area contributed by atoms with Crippen molar-refractivity contribution >= 4 is 17.4 Å². The highest BCUT2D eigenvalue weighted by Gasteiger charge is 2.13. The molecule has 0 saturated heterocycles. The molecule has 0 amide bonds. The maximum absolute atomic E-state index is 11.0. The third-order valence-corrected chi connectivity index (χ3v) is 4.33.